The van der Waals surface area contributed by atoms with Gasteiger partial charge in [0.05, 0.1) is 54.0 Å². The Morgan fingerprint density at radius 1 is 1.14 bits per heavy atom. The summed E-state index contributed by atoms with van der Waals surface area (Å²) in [4.78, 5) is 11.7. The van der Waals surface area contributed by atoms with Gasteiger partial charge in [-0.15, -0.1) is 0 Å². The molecule has 2 atom stereocenters. The summed E-state index contributed by atoms with van der Waals surface area (Å²) in [6.07, 6.45) is 9.16. The minimum Gasteiger partial charge on any atom is -0.389 e. The van der Waals surface area contributed by atoms with Crippen LogP contribution in [0.2, 0.25) is 5.02 Å². The Hall–Kier alpha value is -2.26. The maximum absolute atomic E-state index is 10.2. The smallest absolute Gasteiger partial charge is 0.227 e. The number of nitrogens with zero attached hydrogens (tertiary/aromatic N) is 5. The van der Waals surface area contributed by atoms with Gasteiger partial charge in [0.2, 0.25) is 5.95 Å². The minimum absolute atomic E-state index is 0.117. The number of hydrogen-bond acceptors (Lipinski definition) is 7. The van der Waals surface area contributed by atoms with Crippen molar-refractivity contribution in [1.29, 1.82) is 0 Å². The minimum atomic E-state index is -0.381. The summed E-state index contributed by atoms with van der Waals surface area (Å²) < 4.78 is 7.66. The normalized spacial score (nSPS) is 30.9. The fourth-order valence-corrected chi connectivity index (χ4v) is 7.01. The van der Waals surface area contributed by atoms with Crippen molar-refractivity contribution in [1.82, 2.24) is 24.6 Å². The summed E-state index contributed by atoms with van der Waals surface area (Å²) >= 11 is 6.73. The lowest BCUT2D eigenvalue weighted by Gasteiger charge is -2.61. The van der Waals surface area contributed by atoms with Gasteiger partial charge in [-0.2, -0.15) is 5.10 Å². The number of benzene rings is 1. The number of fused-ring (bicyclic) bond motifs is 1. The zero-order valence-electron chi connectivity index (χ0n) is 20.0. The highest BCUT2D eigenvalue weighted by molar-refractivity contribution is 6.32. The van der Waals surface area contributed by atoms with Crippen LogP contribution in [0.3, 0.4) is 0 Å². The molecule has 3 aliphatic carbocycles. The van der Waals surface area contributed by atoms with Gasteiger partial charge in [-0.3, -0.25) is 9.58 Å². The third-order valence-corrected chi connectivity index (χ3v) is 9.20. The maximum Gasteiger partial charge on any atom is 0.227 e. The van der Waals surface area contributed by atoms with E-state index in [9.17, 15) is 5.11 Å². The number of hydrogen-bond donors (Lipinski definition) is 2. The second-order valence-electron chi connectivity index (χ2n) is 11.0. The van der Waals surface area contributed by atoms with Crippen molar-refractivity contribution in [3.8, 4) is 0 Å². The van der Waals surface area contributed by atoms with E-state index in [1.54, 1.807) is 0 Å². The second-order valence-corrected chi connectivity index (χ2v) is 11.4. The number of aromatic nitrogens is 4. The number of piperidine rings is 1. The van der Waals surface area contributed by atoms with Crippen LogP contribution in [0.15, 0.2) is 24.5 Å². The molecule has 4 heterocycles. The van der Waals surface area contributed by atoms with Gasteiger partial charge in [0.15, 0.2) is 0 Å². The van der Waals surface area contributed by atoms with Crippen LogP contribution in [0.4, 0.5) is 11.6 Å². The summed E-state index contributed by atoms with van der Waals surface area (Å²) in [5.41, 5.74) is 4.43. The van der Waals surface area contributed by atoms with Gasteiger partial charge in [-0.25, -0.2) is 9.97 Å². The molecule has 2 aromatic heterocycles. The van der Waals surface area contributed by atoms with E-state index in [4.69, 9.17) is 21.3 Å². The molecule has 3 aromatic rings. The first-order valence-electron chi connectivity index (χ1n) is 12.8. The van der Waals surface area contributed by atoms with Gasteiger partial charge in [0.25, 0.3) is 0 Å². The number of aliphatic hydroxyl groups is 1. The van der Waals surface area contributed by atoms with Crippen molar-refractivity contribution in [3.05, 3.63) is 40.8 Å². The molecule has 5 aliphatic rings. The summed E-state index contributed by atoms with van der Waals surface area (Å²) in [6.45, 7) is 5.06. The molecule has 5 fully saturated rings. The zero-order chi connectivity index (χ0) is 23.7. The quantitative estimate of drug-likeness (QED) is 0.554. The van der Waals surface area contributed by atoms with Crippen LogP contribution in [-0.4, -0.2) is 68.2 Å². The fraction of sp³-hybridized carbons (Fsp3) is 0.577. The first kappa shape index (κ1) is 22.0. The molecule has 0 amide bonds. The largest absolute Gasteiger partial charge is 0.389 e. The van der Waals surface area contributed by atoms with Crippen molar-refractivity contribution in [2.24, 2.45) is 5.92 Å². The lowest BCUT2D eigenvalue weighted by Crippen LogP contribution is -2.60. The third-order valence-electron chi connectivity index (χ3n) is 8.87. The van der Waals surface area contributed by atoms with E-state index in [1.165, 1.54) is 19.3 Å². The lowest BCUT2D eigenvalue weighted by molar-refractivity contribution is -0.0990. The van der Waals surface area contributed by atoms with Gasteiger partial charge in [0.1, 0.15) is 0 Å². The number of halogens is 1. The standard InChI is InChI=1S/C26H31ClN6O2/c1-15-22(12-29-33(15)26-8-16(9-26)10-26)31-25-28-11-18-6-20(27)19(7-21(18)30-25)17-2-4-32(5-3-17)23-13-35-14-24(23)34/h6-7,11-12,16-17,23-24,34H,2-5,8-10,13-14H2,1H3,(H,28,30,31)/t16?,23-,24+,26?/m0/s1. The number of aliphatic hydroxyl groups excluding tert-OH is 1. The van der Waals surface area contributed by atoms with Crippen LogP contribution in [0, 0.1) is 12.8 Å². The Morgan fingerprint density at radius 2 is 1.94 bits per heavy atom. The Bertz CT molecular complexity index is 1270. The van der Waals surface area contributed by atoms with Crippen LogP contribution in [0.5, 0.6) is 0 Å². The lowest BCUT2D eigenvalue weighted by atomic mass is 9.50. The molecule has 3 saturated carbocycles. The van der Waals surface area contributed by atoms with Gasteiger partial charge in [0, 0.05) is 16.6 Å². The van der Waals surface area contributed by atoms with Gasteiger partial charge in [-0.05, 0) is 81.6 Å². The van der Waals surface area contributed by atoms with Crippen LogP contribution in [0.25, 0.3) is 10.9 Å². The number of ether oxygens (including phenoxy) is 1. The van der Waals surface area contributed by atoms with Gasteiger partial charge >= 0.3 is 0 Å². The molecule has 2 bridgehead atoms. The first-order chi connectivity index (χ1) is 17.0. The average molecular weight is 495 g/mol. The fourth-order valence-electron chi connectivity index (χ4n) is 6.69. The van der Waals surface area contributed by atoms with Crippen molar-refractivity contribution in [2.45, 2.75) is 62.6 Å². The molecule has 0 unspecified atom stereocenters. The molecule has 2 saturated heterocycles. The Balaban J connectivity index is 1.10. The molecule has 9 heteroatoms. The number of likely N-dealkylation sites (tertiary alicyclic amines) is 1. The molecular weight excluding hydrogens is 464 g/mol. The summed E-state index contributed by atoms with van der Waals surface area (Å²) in [7, 11) is 0. The highest BCUT2D eigenvalue weighted by Crippen LogP contribution is 2.62. The molecule has 2 N–H and O–H groups in total. The Morgan fingerprint density at radius 3 is 2.63 bits per heavy atom. The highest BCUT2D eigenvalue weighted by Gasteiger charge is 2.59. The van der Waals surface area contributed by atoms with Crippen molar-refractivity contribution in [3.63, 3.8) is 0 Å². The molecule has 1 aromatic carbocycles. The first-order valence-corrected chi connectivity index (χ1v) is 13.2. The van der Waals surface area contributed by atoms with Gasteiger partial charge < -0.3 is 15.2 Å². The van der Waals surface area contributed by atoms with E-state index in [2.05, 4.69) is 38.0 Å². The monoisotopic (exact) mass is 494 g/mol. The Labute approximate surface area is 209 Å². The average Bonchev–Trinajstić information content (AvgIpc) is 3.38. The number of rotatable bonds is 5. The molecule has 184 valence electrons. The van der Waals surface area contributed by atoms with E-state index in [1.807, 2.05) is 18.5 Å². The highest BCUT2D eigenvalue weighted by atomic mass is 35.5. The van der Waals surface area contributed by atoms with Crippen molar-refractivity contribution in [2.75, 3.05) is 31.6 Å². The van der Waals surface area contributed by atoms with Crippen LogP contribution in [-0.2, 0) is 10.3 Å². The number of nitrogens with one attached hydrogen (secondary N) is 1. The van der Waals surface area contributed by atoms with E-state index in [0.717, 1.165) is 64.7 Å². The van der Waals surface area contributed by atoms with E-state index in [0.29, 0.717) is 25.1 Å². The molecular formula is C26H31ClN6O2. The summed E-state index contributed by atoms with van der Waals surface area (Å²) in [5, 5.41) is 20.0. The molecule has 35 heavy (non-hydrogen) atoms. The zero-order valence-corrected chi connectivity index (χ0v) is 20.7. The van der Waals surface area contributed by atoms with Crippen LogP contribution >= 0.6 is 11.6 Å². The second kappa shape index (κ2) is 8.13. The predicted molar refractivity (Wildman–Crippen MR) is 134 cm³/mol. The molecule has 0 spiro atoms. The maximum atomic E-state index is 10.2. The SMILES string of the molecule is Cc1c(Nc2ncc3cc(Cl)c(C4CCN([C@H]5COC[C@H]5O)CC4)cc3n2)cnn1C12CC(C1)C2. The van der Waals surface area contributed by atoms with Crippen molar-refractivity contribution >= 4 is 34.1 Å². The molecule has 8 rings (SSSR count). The van der Waals surface area contributed by atoms with Crippen LogP contribution in [0.1, 0.15) is 49.3 Å². The van der Waals surface area contributed by atoms with E-state index in [-0.39, 0.29) is 17.7 Å². The summed E-state index contributed by atoms with van der Waals surface area (Å²) in [6, 6.07) is 4.24. The third kappa shape index (κ3) is 3.56. The number of anilines is 2. The molecule has 0 radical (unpaired) electrons. The molecule has 2 aliphatic heterocycles. The predicted octanol–water partition coefficient (Wildman–Crippen LogP) is 3.98. The summed E-state index contributed by atoms with van der Waals surface area (Å²) in [5.74, 6) is 1.87. The molecule has 8 nitrogen and oxygen atoms in total. The van der Waals surface area contributed by atoms with E-state index < -0.39 is 0 Å². The topological polar surface area (TPSA) is 88.3 Å². The van der Waals surface area contributed by atoms with E-state index >= 15 is 0 Å². The van der Waals surface area contributed by atoms with Crippen LogP contribution < -0.4 is 5.32 Å². The van der Waals surface area contributed by atoms with Crippen molar-refractivity contribution < 1.29 is 9.84 Å². The Kier molecular flexibility index (Phi) is 5.10. The van der Waals surface area contributed by atoms with Gasteiger partial charge in [-0.1, -0.05) is 11.6 Å².